The molecule has 0 fully saturated rings. The van der Waals surface area contributed by atoms with Gasteiger partial charge in [-0.05, 0) is 18.6 Å². The van der Waals surface area contributed by atoms with Gasteiger partial charge < -0.3 is 10.0 Å². The molecular formula is C17H21N3O3. The summed E-state index contributed by atoms with van der Waals surface area (Å²) in [5, 5.41) is 13.3. The molecule has 0 radical (unpaired) electrons. The molecule has 2 aromatic rings. The summed E-state index contributed by atoms with van der Waals surface area (Å²) in [6.45, 7) is 3.93. The monoisotopic (exact) mass is 315 g/mol. The molecule has 0 aliphatic rings. The first-order valence-electron chi connectivity index (χ1n) is 7.45. The third-order valence-electron chi connectivity index (χ3n) is 3.64. The third-order valence-corrected chi connectivity index (χ3v) is 3.64. The quantitative estimate of drug-likeness (QED) is 0.885. The van der Waals surface area contributed by atoms with Crippen molar-refractivity contribution < 1.29 is 14.7 Å². The van der Waals surface area contributed by atoms with E-state index in [9.17, 15) is 9.59 Å². The van der Waals surface area contributed by atoms with Gasteiger partial charge in [0.25, 0.3) is 5.91 Å². The third kappa shape index (κ3) is 4.18. The average Bonchev–Trinajstić information content (AvgIpc) is 2.85. The maximum Gasteiger partial charge on any atom is 0.308 e. The second-order valence-corrected chi connectivity index (χ2v) is 5.71. The molecule has 1 unspecified atom stereocenters. The largest absolute Gasteiger partial charge is 0.481 e. The van der Waals surface area contributed by atoms with Crippen LogP contribution in [0.4, 0.5) is 0 Å². The first-order chi connectivity index (χ1) is 10.9. The van der Waals surface area contributed by atoms with Gasteiger partial charge >= 0.3 is 5.97 Å². The summed E-state index contributed by atoms with van der Waals surface area (Å²) >= 11 is 0. The number of aromatic nitrogens is 2. The lowest BCUT2D eigenvalue weighted by Crippen LogP contribution is -2.37. The summed E-state index contributed by atoms with van der Waals surface area (Å²) in [6, 6.07) is 11.2. The van der Waals surface area contributed by atoms with E-state index in [4.69, 9.17) is 5.11 Å². The molecule has 1 amide bonds. The molecule has 6 heteroatoms. The van der Waals surface area contributed by atoms with Crippen LogP contribution < -0.4 is 0 Å². The molecule has 0 aliphatic carbocycles. The van der Waals surface area contributed by atoms with Gasteiger partial charge in [0.2, 0.25) is 0 Å². The number of amides is 1. The van der Waals surface area contributed by atoms with Crippen molar-refractivity contribution in [2.45, 2.75) is 20.4 Å². The first kappa shape index (κ1) is 16.7. The topological polar surface area (TPSA) is 75.4 Å². The Morgan fingerprint density at radius 2 is 1.96 bits per heavy atom. The van der Waals surface area contributed by atoms with Crippen LogP contribution in [0.1, 0.15) is 28.7 Å². The van der Waals surface area contributed by atoms with E-state index >= 15 is 0 Å². The smallest absolute Gasteiger partial charge is 0.308 e. The van der Waals surface area contributed by atoms with E-state index in [2.05, 4.69) is 5.10 Å². The van der Waals surface area contributed by atoms with Gasteiger partial charge in [-0.3, -0.25) is 14.3 Å². The first-order valence-corrected chi connectivity index (χ1v) is 7.45. The zero-order valence-corrected chi connectivity index (χ0v) is 13.6. The Morgan fingerprint density at radius 3 is 2.48 bits per heavy atom. The Kier molecular flexibility index (Phi) is 5.16. The van der Waals surface area contributed by atoms with Crippen LogP contribution in [0, 0.1) is 12.8 Å². The van der Waals surface area contributed by atoms with Gasteiger partial charge in [-0.2, -0.15) is 5.10 Å². The van der Waals surface area contributed by atoms with Gasteiger partial charge in [0.05, 0.1) is 11.6 Å². The van der Waals surface area contributed by atoms with E-state index in [0.717, 1.165) is 11.3 Å². The molecule has 6 nitrogen and oxygen atoms in total. The molecular weight excluding hydrogens is 294 g/mol. The lowest BCUT2D eigenvalue weighted by Gasteiger charge is -2.24. The van der Waals surface area contributed by atoms with Crippen LogP contribution in [0.15, 0.2) is 36.4 Å². The second kappa shape index (κ2) is 7.09. The van der Waals surface area contributed by atoms with Crippen molar-refractivity contribution in [2.75, 3.05) is 6.54 Å². The molecule has 1 aromatic carbocycles. The fraction of sp³-hybridized carbons (Fsp3) is 0.353. The van der Waals surface area contributed by atoms with Crippen molar-refractivity contribution in [1.29, 1.82) is 0 Å². The Balaban J connectivity index is 2.26. The van der Waals surface area contributed by atoms with Crippen LogP contribution >= 0.6 is 0 Å². The van der Waals surface area contributed by atoms with Crippen molar-refractivity contribution in [3.8, 4) is 0 Å². The van der Waals surface area contributed by atoms with Gasteiger partial charge in [-0.1, -0.05) is 37.3 Å². The Hall–Kier alpha value is -2.63. The van der Waals surface area contributed by atoms with Crippen molar-refractivity contribution in [3.05, 3.63) is 53.3 Å². The minimum Gasteiger partial charge on any atom is -0.481 e. The van der Waals surface area contributed by atoms with Crippen molar-refractivity contribution in [2.24, 2.45) is 13.0 Å². The number of carbonyl (C=O) groups excluding carboxylic acids is 1. The minimum atomic E-state index is -0.919. The number of benzene rings is 1. The zero-order valence-electron chi connectivity index (χ0n) is 13.6. The highest BCUT2D eigenvalue weighted by atomic mass is 16.4. The number of carboxylic acid groups (broad SMARTS) is 1. The number of rotatable bonds is 6. The van der Waals surface area contributed by atoms with Gasteiger partial charge in [0.15, 0.2) is 0 Å². The van der Waals surface area contributed by atoms with Crippen LogP contribution in [0.25, 0.3) is 0 Å². The molecule has 1 heterocycles. The molecule has 0 bridgehead atoms. The molecule has 0 saturated heterocycles. The molecule has 122 valence electrons. The number of carboxylic acids is 1. The van der Waals surface area contributed by atoms with Crippen LogP contribution in [0.5, 0.6) is 0 Å². The molecule has 0 saturated carbocycles. The van der Waals surface area contributed by atoms with Crippen LogP contribution in [0.3, 0.4) is 0 Å². The summed E-state index contributed by atoms with van der Waals surface area (Å²) in [5.74, 6) is -1.78. The summed E-state index contributed by atoms with van der Waals surface area (Å²) in [5.41, 5.74) is 2.16. The fourth-order valence-corrected chi connectivity index (χ4v) is 2.40. The molecule has 0 spiro atoms. The lowest BCUT2D eigenvalue weighted by molar-refractivity contribution is -0.141. The standard InChI is InChI=1S/C17H21N3O3/c1-12(17(22)23)10-20(11-14-7-5-4-6-8-14)16(21)15-9-13(2)18-19(15)3/h4-9,12H,10-11H2,1-3H3,(H,22,23). The summed E-state index contributed by atoms with van der Waals surface area (Å²) < 4.78 is 1.53. The highest BCUT2D eigenvalue weighted by Gasteiger charge is 2.24. The van der Waals surface area contributed by atoms with Crippen molar-refractivity contribution in [3.63, 3.8) is 0 Å². The molecule has 2 rings (SSSR count). The Bertz CT molecular complexity index is 694. The number of hydrogen-bond donors (Lipinski definition) is 1. The Morgan fingerprint density at radius 1 is 1.30 bits per heavy atom. The number of aryl methyl sites for hydroxylation is 2. The van der Waals surface area contributed by atoms with Gasteiger partial charge in [-0.15, -0.1) is 0 Å². The zero-order chi connectivity index (χ0) is 17.0. The number of hydrogen-bond acceptors (Lipinski definition) is 3. The average molecular weight is 315 g/mol. The SMILES string of the molecule is Cc1cc(C(=O)N(Cc2ccccc2)CC(C)C(=O)O)n(C)n1. The van der Waals surface area contributed by atoms with Crippen molar-refractivity contribution in [1.82, 2.24) is 14.7 Å². The van der Waals surface area contributed by atoms with Crippen molar-refractivity contribution >= 4 is 11.9 Å². The molecule has 1 atom stereocenters. The normalized spacial score (nSPS) is 12.0. The molecule has 0 aliphatic heterocycles. The van der Waals surface area contributed by atoms with E-state index in [-0.39, 0.29) is 12.5 Å². The van der Waals surface area contributed by atoms with E-state index in [0.29, 0.717) is 12.2 Å². The lowest BCUT2D eigenvalue weighted by atomic mass is 10.1. The predicted octanol–water partition coefficient (Wildman–Crippen LogP) is 2.09. The summed E-state index contributed by atoms with van der Waals surface area (Å²) in [7, 11) is 1.71. The molecule has 1 N–H and O–H groups in total. The van der Waals surface area contributed by atoms with Gasteiger partial charge in [0, 0.05) is 20.1 Å². The van der Waals surface area contributed by atoms with Crippen LogP contribution in [0.2, 0.25) is 0 Å². The predicted molar refractivity (Wildman–Crippen MR) is 85.9 cm³/mol. The maximum absolute atomic E-state index is 12.8. The van der Waals surface area contributed by atoms with Crippen LogP contribution in [-0.4, -0.2) is 38.2 Å². The van der Waals surface area contributed by atoms with Crippen LogP contribution in [-0.2, 0) is 18.4 Å². The van der Waals surface area contributed by atoms with E-state index in [1.54, 1.807) is 24.9 Å². The highest BCUT2D eigenvalue weighted by Crippen LogP contribution is 2.13. The molecule has 23 heavy (non-hydrogen) atoms. The van der Waals surface area contributed by atoms with E-state index in [1.807, 2.05) is 37.3 Å². The van der Waals surface area contributed by atoms with E-state index < -0.39 is 11.9 Å². The second-order valence-electron chi connectivity index (χ2n) is 5.71. The van der Waals surface area contributed by atoms with E-state index in [1.165, 1.54) is 4.68 Å². The number of carbonyl (C=O) groups is 2. The minimum absolute atomic E-state index is 0.146. The fourth-order valence-electron chi connectivity index (χ4n) is 2.40. The number of nitrogens with zero attached hydrogens (tertiary/aromatic N) is 3. The summed E-state index contributed by atoms with van der Waals surface area (Å²) in [6.07, 6.45) is 0. The van der Waals surface area contributed by atoms with Gasteiger partial charge in [0.1, 0.15) is 5.69 Å². The molecule has 1 aromatic heterocycles. The van der Waals surface area contributed by atoms with Gasteiger partial charge in [-0.25, -0.2) is 0 Å². The maximum atomic E-state index is 12.8. The summed E-state index contributed by atoms with van der Waals surface area (Å²) in [4.78, 5) is 25.5. The number of aliphatic carboxylic acids is 1. The highest BCUT2D eigenvalue weighted by molar-refractivity contribution is 5.93. The Labute approximate surface area is 135 Å².